The number of aryl methyl sites for hydroxylation is 1. The van der Waals surface area contributed by atoms with Crippen molar-refractivity contribution in [3.63, 3.8) is 0 Å². The topological polar surface area (TPSA) is 37.4 Å². The van der Waals surface area contributed by atoms with E-state index in [1.807, 2.05) is 43.3 Å². The smallest absolute Gasteiger partial charge is 0.261 e. The first-order valence-electron chi connectivity index (χ1n) is 13.4. The Morgan fingerprint density at radius 2 is 1.37 bits per heavy atom. The SMILES string of the molecule is C#Cc1ccccc1N(C/C1=C/CCCCCCCCCCCCC1)S(=O)(=O)c1ccc(C)cc1. The number of anilines is 1. The number of nitrogens with zero attached hydrogens (tertiary/aromatic N) is 1. The molecular formula is C31H41NO2S. The summed E-state index contributed by atoms with van der Waals surface area (Å²) in [5, 5.41) is 0. The standard InChI is InChI=1S/C31H41NO2S/c1-3-29-20-16-17-21-31(29)32(35(33,34)30-24-22-27(2)23-25-30)26-28-18-14-12-10-8-6-4-5-7-9-11-13-15-19-28/h1,16-18,20-25H,4-15,19,26H2,2H3/b28-18+. The maximum atomic E-state index is 13.9. The fourth-order valence-corrected chi connectivity index (χ4v) is 6.26. The van der Waals surface area contributed by atoms with Gasteiger partial charge < -0.3 is 0 Å². The van der Waals surface area contributed by atoms with Gasteiger partial charge in [-0.05, 0) is 56.9 Å². The van der Waals surface area contributed by atoms with E-state index in [9.17, 15) is 8.42 Å². The van der Waals surface area contributed by atoms with Crippen molar-refractivity contribution in [3.05, 3.63) is 71.3 Å². The second-order valence-electron chi connectivity index (χ2n) is 9.78. The average Bonchev–Trinajstić information content (AvgIpc) is 2.87. The van der Waals surface area contributed by atoms with Crippen molar-refractivity contribution in [1.29, 1.82) is 0 Å². The summed E-state index contributed by atoms with van der Waals surface area (Å²) in [6.45, 7) is 2.30. The summed E-state index contributed by atoms with van der Waals surface area (Å²) < 4.78 is 29.4. The summed E-state index contributed by atoms with van der Waals surface area (Å²) in [6.07, 6.45) is 24.0. The summed E-state index contributed by atoms with van der Waals surface area (Å²) in [5.41, 5.74) is 3.40. The van der Waals surface area contributed by atoms with Gasteiger partial charge in [0.1, 0.15) is 0 Å². The third kappa shape index (κ3) is 8.29. The maximum Gasteiger partial charge on any atom is 0.264 e. The molecule has 0 aromatic heterocycles. The van der Waals surface area contributed by atoms with Crippen LogP contribution in [0.15, 0.2) is 65.1 Å². The molecule has 0 unspecified atom stereocenters. The minimum absolute atomic E-state index is 0.299. The fourth-order valence-electron chi connectivity index (χ4n) is 4.77. The van der Waals surface area contributed by atoms with Gasteiger partial charge in [0, 0.05) is 5.56 Å². The van der Waals surface area contributed by atoms with E-state index in [2.05, 4.69) is 12.0 Å². The van der Waals surface area contributed by atoms with Crippen molar-refractivity contribution in [2.45, 2.75) is 95.3 Å². The van der Waals surface area contributed by atoms with Crippen LogP contribution in [0.3, 0.4) is 0 Å². The zero-order chi connectivity index (χ0) is 24.9. The van der Waals surface area contributed by atoms with Gasteiger partial charge in [0.05, 0.1) is 17.1 Å². The van der Waals surface area contributed by atoms with Crippen LogP contribution in [0.1, 0.15) is 94.6 Å². The molecule has 0 radical (unpaired) electrons. The molecule has 0 amide bonds. The summed E-state index contributed by atoms with van der Waals surface area (Å²) in [6, 6.07) is 14.5. The normalized spacial score (nSPS) is 18.3. The van der Waals surface area contributed by atoms with Crippen LogP contribution in [0.4, 0.5) is 5.69 Å². The van der Waals surface area contributed by atoms with Crippen LogP contribution in [-0.2, 0) is 10.0 Å². The lowest BCUT2D eigenvalue weighted by Crippen LogP contribution is -2.33. The number of para-hydroxylation sites is 1. The molecule has 0 atom stereocenters. The number of sulfonamides is 1. The molecule has 3 rings (SSSR count). The van der Waals surface area contributed by atoms with Crippen molar-refractivity contribution >= 4 is 15.7 Å². The van der Waals surface area contributed by atoms with Crippen LogP contribution >= 0.6 is 0 Å². The summed E-state index contributed by atoms with van der Waals surface area (Å²) in [4.78, 5) is 0.299. The quantitative estimate of drug-likeness (QED) is 0.312. The molecule has 0 saturated heterocycles. The summed E-state index contributed by atoms with van der Waals surface area (Å²) in [5.74, 6) is 2.69. The van der Waals surface area contributed by atoms with E-state index in [1.165, 1.54) is 67.7 Å². The van der Waals surface area contributed by atoms with Crippen LogP contribution in [0.25, 0.3) is 0 Å². The lowest BCUT2D eigenvalue weighted by atomic mass is 10.0. The van der Waals surface area contributed by atoms with E-state index in [1.54, 1.807) is 12.1 Å². The van der Waals surface area contributed by atoms with E-state index in [0.717, 1.165) is 31.2 Å². The predicted molar refractivity (Wildman–Crippen MR) is 148 cm³/mol. The average molecular weight is 492 g/mol. The highest BCUT2D eigenvalue weighted by Gasteiger charge is 2.27. The molecule has 1 aliphatic carbocycles. The van der Waals surface area contributed by atoms with Gasteiger partial charge in [-0.25, -0.2) is 8.42 Å². The molecule has 2 aromatic rings. The first-order chi connectivity index (χ1) is 17.0. The van der Waals surface area contributed by atoms with Gasteiger partial charge in [0.15, 0.2) is 0 Å². The zero-order valence-corrected chi connectivity index (χ0v) is 22.2. The van der Waals surface area contributed by atoms with Crippen molar-refractivity contribution in [1.82, 2.24) is 0 Å². The second kappa shape index (κ2) is 14.1. The molecule has 0 fully saturated rings. The molecule has 0 spiro atoms. The van der Waals surface area contributed by atoms with Gasteiger partial charge in [0.2, 0.25) is 0 Å². The monoisotopic (exact) mass is 491 g/mol. The van der Waals surface area contributed by atoms with Gasteiger partial charge in [0.25, 0.3) is 10.0 Å². The molecule has 188 valence electrons. The first kappa shape index (κ1) is 27.1. The highest BCUT2D eigenvalue weighted by Crippen LogP contribution is 2.29. The Balaban J connectivity index is 1.91. The highest BCUT2D eigenvalue weighted by atomic mass is 32.2. The Labute approximate surface area is 213 Å². The summed E-state index contributed by atoms with van der Waals surface area (Å²) in [7, 11) is -3.77. The molecule has 0 bridgehead atoms. The Morgan fingerprint density at radius 1 is 0.800 bits per heavy atom. The minimum atomic E-state index is -3.77. The van der Waals surface area contributed by atoms with E-state index in [4.69, 9.17) is 6.42 Å². The largest absolute Gasteiger partial charge is 0.264 e. The molecule has 35 heavy (non-hydrogen) atoms. The second-order valence-corrected chi connectivity index (χ2v) is 11.6. The molecule has 0 saturated carbocycles. The van der Waals surface area contributed by atoms with Crippen molar-refractivity contribution in [2.24, 2.45) is 0 Å². The molecule has 0 aliphatic heterocycles. The lowest BCUT2D eigenvalue weighted by molar-refractivity contribution is 0.548. The molecule has 0 N–H and O–H groups in total. The molecular weight excluding hydrogens is 450 g/mol. The molecule has 1 aliphatic rings. The van der Waals surface area contributed by atoms with Crippen LogP contribution < -0.4 is 4.31 Å². The van der Waals surface area contributed by atoms with Crippen LogP contribution in [0.5, 0.6) is 0 Å². The van der Waals surface area contributed by atoms with Crippen molar-refractivity contribution in [2.75, 3.05) is 10.8 Å². The Bertz CT molecular complexity index is 1090. The van der Waals surface area contributed by atoms with E-state index < -0.39 is 10.0 Å². The maximum absolute atomic E-state index is 13.9. The van der Waals surface area contributed by atoms with Crippen LogP contribution in [-0.4, -0.2) is 15.0 Å². The lowest BCUT2D eigenvalue weighted by Gasteiger charge is -2.27. The van der Waals surface area contributed by atoms with E-state index in [0.29, 0.717) is 22.7 Å². The van der Waals surface area contributed by atoms with Gasteiger partial charge in [-0.3, -0.25) is 4.31 Å². The van der Waals surface area contributed by atoms with Crippen LogP contribution in [0.2, 0.25) is 0 Å². The molecule has 0 heterocycles. The van der Waals surface area contributed by atoms with E-state index >= 15 is 0 Å². The number of hydrogen-bond acceptors (Lipinski definition) is 2. The van der Waals surface area contributed by atoms with Gasteiger partial charge in [-0.15, -0.1) is 6.42 Å². The third-order valence-electron chi connectivity index (χ3n) is 6.92. The number of benzene rings is 2. The number of hydrogen-bond donors (Lipinski definition) is 0. The van der Waals surface area contributed by atoms with Gasteiger partial charge in [-0.2, -0.15) is 0 Å². The van der Waals surface area contributed by atoms with Crippen molar-refractivity contribution in [3.8, 4) is 12.3 Å². The molecule has 2 aromatic carbocycles. The first-order valence-corrected chi connectivity index (χ1v) is 14.8. The van der Waals surface area contributed by atoms with Crippen molar-refractivity contribution < 1.29 is 8.42 Å². The Kier molecular flexibility index (Phi) is 10.9. The third-order valence-corrected chi connectivity index (χ3v) is 8.69. The number of rotatable bonds is 5. The number of terminal acetylenes is 1. The Morgan fingerprint density at radius 3 is 2.00 bits per heavy atom. The number of allylic oxidation sites excluding steroid dienone is 1. The van der Waals surface area contributed by atoms with Gasteiger partial charge in [-0.1, -0.05) is 105 Å². The Hall–Kier alpha value is -2.51. The molecule has 4 heteroatoms. The van der Waals surface area contributed by atoms with E-state index in [-0.39, 0.29) is 0 Å². The fraction of sp³-hybridized carbons (Fsp3) is 0.484. The summed E-state index contributed by atoms with van der Waals surface area (Å²) >= 11 is 0. The highest BCUT2D eigenvalue weighted by molar-refractivity contribution is 7.92. The predicted octanol–water partition coefficient (Wildman–Crippen LogP) is 8.18. The van der Waals surface area contributed by atoms with Gasteiger partial charge >= 0.3 is 0 Å². The zero-order valence-electron chi connectivity index (χ0n) is 21.3. The molecule has 3 nitrogen and oxygen atoms in total. The van der Waals surface area contributed by atoms with Crippen LogP contribution in [0, 0.1) is 19.3 Å². The minimum Gasteiger partial charge on any atom is -0.261 e.